The molecule has 1 aliphatic heterocycles. The summed E-state index contributed by atoms with van der Waals surface area (Å²) >= 11 is 0. The molecule has 1 heterocycles. The summed E-state index contributed by atoms with van der Waals surface area (Å²) in [7, 11) is 0. The van der Waals surface area contributed by atoms with E-state index >= 15 is 0 Å². The number of hydrogen-bond donors (Lipinski definition) is 2. The lowest BCUT2D eigenvalue weighted by Crippen LogP contribution is -2.20. The summed E-state index contributed by atoms with van der Waals surface area (Å²) in [5.74, 6) is -0.644. The summed E-state index contributed by atoms with van der Waals surface area (Å²) in [6, 6.07) is 5.72. The van der Waals surface area contributed by atoms with Crippen LogP contribution in [0.15, 0.2) is 24.3 Å². The van der Waals surface area contributed by atoms with Crippen LogP contribution in [0.4, 0.5) is 4.39 Å². The van der Waals surface area contributed by atoms with Crippen LogP contribution in [0, 0.1) is 5.82 Å². The molecule has 3 nitrogen and oxygen atoms in total. The Morgan fingerprint density at radius 2 is 2.00 bits per heavy atom. The van der Waals surface area contributed by atoms with Crippen molar-refractivity contribution in [3.63, 3.8) is 0 Å². The Balaban J connectivity index is 2.12. The zero-order valence-electron chi connectivity index (χ0n) is 6.83. The molecular weight excluding hydrogens is 171 g/mol. The number of rotatable bonds is 2. The van der Waals surface area contributed by atoms with Gasteiger partial charge in [0.15, 0.2) is 0 Å². The molecule has 2 atom stereocenters. The van der Waals surface area contributed by atoms with E-state index in [4.69, 9.17) is 5.73 Å². The van der Waals surface area contributed by atoms with Crippen LogP contribution in [0.3, 0.4) is 0 Å². The quantitative estimate of drug-likeness (QED) is 0.644. The highest BCUT2D eigenvalue weighted by Gasteiger charge is 2.41. The van der Waals surface area contributed by atoms with Crippen molar-refractivity contribution >= 4 is 5.91 Å². The molecule has 0 saturated carbocycles. The van der Waals surface area contributed by atoms with Crippen LogP contribution in [0.2, 0.25) is 0 Å². The lowest BCUT2D eigenvalue weighted by molar-refractivity contribution is -0.117. The van der Waals surface area contributed by atoms with Gasteiger partial charge in [0.1, 0.15) is 11.9 Å². The van der Waals surface area contributed by atoms with Gasteiger partial charge in [0.2, 0.25) is 5.91 Å². The van der Waals surface area contributed by atoms with Crippen molar-refractivity contribution in [2.75, 3.05) is 0 Å². The maximum Gasteiger partial charge on any atom is 0.236 e. The SMILES string of the molecule is NC(=O)[C@@H]1N[C@H]1c1ccc(F)cc1. The number of nitrogens with two attached hydrogens (primary N) is 1. The van der Waals surface area contributed by atoms with Crippen molar-refractivity contribution < 1.29 is 9.18 Å². The van der Waals surface area contributed by atoms with Gasteiger partial charge in [-0.15, -0.1) is 0 Å². The maximum atomic E-state index is 12.5. The number of hydrogen-bond acceptors (Lipinski definition) is 2. The summed E-state index contributed by atoms with van der Waals surface area (Å²) in [6.45, 7) is 0. The van der Waals surface area contributed by atoms with E-state index in [2.05, 4.69) is 5.32 Å². The first-order chi connectivity index (χ1) is 6.18. The number of primary amides is 1. The van der Waals surface area contributed by atoms with Crippen molar-refractivity contribution in [2.24, 2.45) is 5.73 Å². The fourth-order valence-electron chi connectivity index (χ4n) is 1.34. The Kier molecular flexibility index (Phi) is 1.77. The van der Waals surface area contributed by atoms with E-state index in [0.29, 0.717) is 0 Å². The number of nitrogens with one attached hydrogen (secondary N) is 1. The van der Waals surface area contributed by atoms with Crippen molar-refractivity contribution in [3.8, 4) is 0 Å². The zero-order chi connectivity index (χ0) is 9.42. The Morgan fingerprint density at radius 1 is 1.38 bits per heavy atom. The third-order valence-corrected chi connectivity index (χ3v) is 2.12. The van der Waals surface area contributed by atoms with Crippen LogP contribution < -0.4 is 11.1 Å². The first kappa shape index (κ1) is 8.19. The molecule has 1 amide bonds. The van der Waals surface area contributed by atoms with Crippen LogP contribution in [0.25, 0.3) is 0 Å². The van der Waals surface area contributed by atoms with Crippen LogP contribution >= 0.6 is 0 Å². The number of benzene rings is 1. The van der Waals surface area contributed by atoms with Gasteiger partial charge in [0.05, 0.1) is 6.04 Å². The minimum atomic E-state index is -0.366. The fourth-order valence-corrected chi connectivity index (χ4v) is 1.34. The first-order valence-electron chi connectivity index (χ1n) is 3.99. The van der Waals surface area contributed by atoms with E-state index in [1.807, 2.05) is 0 Å². The molecule has 0 spiro atoms. The van der Waals surface area contributed by atoms with E-state index in [-0.39, 0.29) is 23.8 Å². The highest BCUT2D eigenvalue weighted by atomic mass is 19.1. The van der Waals surface area contributed by atoms with Gasteiger partial charge in [-0.3, -0.25) is 10.1 Å². The van der Waals surface area contributed by atoms with Gasteiger partial charge < -0.3 is 5.73 Å². The van der Waals surface area contributed by atoms with Crippen LogP contribution in [0.1, 0.15) is 11.6 Å². The summed E-state index contributed by atoms with van der Waals surface area (Å²) in [6.07, 6.45) is 0. The maximum absolute atomic E-state index is 12.5. The largest absolute Gasteiger partial charge is 0.368 e. The van der Waals surface area contributed by atoms with E-state index in [1.165, 1.54) is 12.1 Å². The fraction of sp³-hybridized carbons (Fsp3) is 0.222. The second-order valence-electron chi connectivity index (χ2n) is 3.08. The standard InChI is InChI=1S/C9H9FN2O/c10-6-3-1-5(2-4-6)7-8(12-7)9(11)13/h1-4,7-8,12H,(H2,11,13)/t7-,8+/m0/s1. The van der Waals surface area contributed by atoms with Crippen molar-refractivity contribution in [1.29, 1.82) is 0 Å². The highest BCUT2D eigenvalue weighted by molar-refractivity contribution is 5.84. The summed E-state index contributed by atoms with van der Waals surface area (Å²) < 4.78 is 12.5. The second kappa shape index (κ2) is 2.81. The monoisotopic (exact) mass is 180 g/mol. The van der Waals surface area contributed by atoms with Crippen molar-refractivity contribution in [1.82, 2.24) is 5.32 Å². The molecule has 1 aromatic carbocycles. The average Bonchev–Trinajstić information content (AvgIpc) is 2.85. The number of carbonyl (C=O) groups is 1. The van der Waals surface area contributed by atoms with Crippen LogP contribution in [0.5, 0.6) is 0 Å². The zero-order valence-corrected chi connectivity index (χ0v) is 6.83. The van der Waals surface area contributed by atoms with E-state index in [1.54, 1.807) is 12.1 Å². The minimum absolute atomic E-state index is 0.0295. The smallest absolute Gasteiger partial charge is 0.236 e. The van der Waals surface area contributed by atoms with Crippen molar-refractivity contribution in [3.05, 3.63) is 35.6 Å². The molecule has 0 radical (unpaired) electrons. The van der Waals surface area contributed by atoms with Gasteiger partial charge in [0, 0.05) is 0 Å². The van der Waals surface area contributed by atoms with Gasteiger partial charge >= 0.3 is 0 Å². The van der Waals surface area contributed by atoms with E-state index in [0.717, 1.165) is 5.56 Å². The van der Waals surface area contributed by atoms with Crippen LogP contribution in [-0.2, 0) is 4.79 Å². The van der Waals surface area contributed by atoms with Gasteiger partial charge in [-0.25, -0.2) is 4.39 Å². The Labute approximate surface area is 74.7 Å². The molecule has 1 fully saturated rings. The van der Waals surface area contributed by atoms with Crippen molar-refractivity contribution in [2.45, 2.75) is 12.1 Å². The molecule has 1 aliphatic rings. The molecule has 1 aromatic rings. The molecule has 68 valence electrons. The summed E-state index contributed by atoms with van der Waals surface area (Å²) in [4.78, 5) is 10.7. The lowest BCUT2D eigenvalue weighted by atomic mass is 10.1. The van der Waals surface area contributed by atoms with E-state index in [9.17, 15) is 9.18 Å². The van der Waals surface area contributed by atoms with Gasteiger partial charge in [-0.1, -0.05) is 12.1 Å². The molecule has 1 saturated heterocycles. The Morgan fingerprint density at radius 3 is 2.46 bits per heavy atom. The molecule has 0 unspecified atom stereocenters. The minimum Gasteiger partial charge on any atom is -0.368 e. The van der Waals surface area contributed by atoms with E-state index < -0.39 is 0 Å². The number of amides is 1. The third kappa shape index (κ3) is 1.53. The summed E-state index contributed by atoms with van der Waals surface area (Å²) in [5.41, 5.74) is 5.97. The number of carbonyl (C=O) groups excluding carboxylic acids is 1. The highest BCUT2D eigenvalue weighted by Crippen LogP contribution is 2.29. The van der Waals surface area contributed by atoms with Crippen LogP contribution in [-0.4, -0.2) is 11.9 Å². The number of halogens is 1. The summed E-state index contributed by atoms with van der Waals surface area (Å²) in [5, 5.41) is 2.91. The van der Waals surface area contributed by atoms with Gasteiger partial charge in [-0.2, -0.15) is 0 Å². The molecule has 2 rings (SSSR count). The Bertz CT molecular complexity index is 336. The second-order valence-corrected chi connectivity index (χ2v) is 3.08. The molecule has 3 N–H and O–H groups in total. The predicted octanol–water partition coefficient (Wildman–Crippen LogP) is 0.324. The molecule has 0 aromatic heterocycles. The normalized spacial score (nSPS) is 25.6. The van der Waals surface area contributed by atoms with Gasteiger partial charge in [0.25, 0.3) is 0 Å². The molecular formula is C9H9FN2O. The predicted molar refractivity (Wildman–Crippen MR) is 45.3 cm³/mol. The van der Waals surface area contributed by atoms with Gasteiger partial charge in [-0.05, 0) is 17.7 Å². The molecule has 4 heteroatoms. The first-order valence-corrected chi connectivity index (χ1v) is 3.99. The Hall–Kier alpha value is -1.42. The third-order valence-electron chi connectivity index (χ3n) is 2.12. The topological polar surface area (TPSA) is 65.0 Å². The molecule has 13 heavy (non-hydrogen) atoms. The molecule has 0 bridgehead atoms. The molecule has 0 aliphatic carbocycles. The lowest BCUT2D eigenvalue weighted by Gasteiger charge is -1.95. The average molecular weight is 180 g/mol.